The number of hydrogen-bond donors (Lipinski definition) is 5. The van der Waals surface area contributed by atoms with Gasteiger partial charge in [-0.25, -0.2) is 4.79 Å². The number of carboxylic acids is 1. The lowest BCUT2D eigenvalue weighted by Crippen LogP contribution is -2.61. The van der Waals surface area contributed by atoms with E-state index in [-0.39, 0.29) is 29.3 Å². The molecule has 1 heterocycles. The van der Waals surface area contributed by atoms with E-state index in [9.17, 15) is 30.0 Å². The zero-order valence-electron chi connectivity index (χ0n) is 15.8. The fourth-order valence-corrected chi connectivity index (χ4v) is 3.15. The first-order valence-corrected chi connectivity index (χ1v) is 9.27. The standard InChI is InChI=1S/C21H22O9/c22-12-7-9-15(13(10-12)14(23)8-6-11-4-2-1-3-5-11)29-21-18(26)16(24)17(25)19(30-21)20(27)28/h1-5,7,9-10,16-19,21-22,24-26H,6,8H2,(H,27,28). The summed E-state index contributed by atoms with van der Waals surface area (Å²) in [6.07, 6.45) is -8.39. The van der Waals surface area contributed by atoms with Gasteiger partial charge in [-0.15, -0.1) is 0 Å². The maximum Gasteiger partial charge on any atom is 0.335 e. The summed E-state index contributed by atoms with van der Waals surface area (Å²) < 4.78 is 10.6. The topological polar surface area (TPSA) is 154 Å². The molecule has 5 unspecified atom stereocenters. The number of aryl methyl sites for hydroxylation is 1. The Labute approximate surface area is 171 Å². The van der Waals surface area contributed by atoms with Gasteiger partial charge in [-0.2, -0.15) is 0 Å². The van der Waals surface area contributed by atoms with E-state index in [1.165, 1.54) is 18.2 Å². The minimum absolute atomic E-state index is 0.00854. The van der Waals surface area contributed by atoms with Crippen LogP contribution in [0, 0.1) is 0 Å². The maximum atomic E-state index is 12.7. The minimum Gasteiger partial charge on any atom is -0.508 e. The van der Waals surface area contributed by atoms with E-state index in [1.54, 1.807) is 0 Å². The number of ketones is 1. The summed E-state index contributed by atoms with van der Waals surface area (Å²) in [6, 6.07) is 13.0. The van der Waals surface area contributed by atoms with Crippen molar-refractivity contribution in [2.45, 2.75) is 43.5 Å². The van der Waals surface area contributed by atoms with E-state index < -0.39 is 36.7 Å². The number of carboxylic acid groups (broad SMARTS) is 1. The molecule has 2 aromatic rings. The number of phenols is 1. The monoisotopic (exact) mass is 418 g/mol. The van der Waals surface area contributed by atoms with Gasteiger partial charge in [0, 0.05) is 6.42 Å². The zero-order chi connectivity index (χ0) is 21.8. The molecule has 0 aliphatic carbocycles. The van der Waals surface area contributed by atoms with Crippen molar-refractivity contribution in [3.8, 4) is 11.5 Å². The quantitative estimate of drug-likeness (QED) is 0.404. The average Bonchev–Trinajstić information content (AvgIpc) is 2.73. The van der Waals surface area contributed by atoms with Crippen LogP contribution in [0.3, 0.4) is 0 Å². The number of carbonyl (C=O) groups is 2. The molecule has 1 aliphatic heterocycles. The van der Waals surface area contributed by atoms with Crippen LogP contribution in [-0.4, -0.2) is 68.0 Å². The van der Waals surface area contributed by atoms with Gasteiger partial charge in [-0.3, -0.25) is 4.79 Å². The molecule has 0 aromatic heterocycles. The molecule has 0 radical (unpaired) electrons. The van der Waals surface area contributed by atoms with Crippen LogP contribution in [0.5, 0.6) is 11.5 Å². The maximum absolute atomic E-state index is 12.7. The van der Waals surface area contributed by atoms with Crippen LogP contribution in [0.25, 0.3) is 0 Å². The molecule has 5 N–H and O–H groups in total. The van der Waals surface area contributed by atoms with Crippen molar-refractivity contribution in [2.24, 2.45) is 0 Å². The first-order valence-electron chi connectivity index (χ1n) is 9.27. The predicted molar refractivity (Wildman–Crippen MR) is 102 cm³/mol. The third-order valence-corrected chi connectivity index (χ3v) is 4.80. The number of ether oxygens (including phenoxy) is 2. The molecule has 0 spiro atoms. The third-order valence-electron chi connectivity index (χ3n) is 4.80. The van der Waals surface area contributed by atoms with Gasteiger partial charge in [0.05, 0.1) is 5.56 Å². The largest absolute Gasteiger partial charge is 0.508 e. The molecule has 1 saturated heterocycles. The Morgan fingerprint density at radius 2 is 1.67 bits per heavy atom. The van der Waals surface area contributed by atoms with Gasteiger partial charge in [0.25, 0.3) is 0 Å². The molecule has 2 aromatic carbocycles. The number of carbonyl (C=O) groups excluding carboxylic acids is 1. The third kappa shape index (κ3) is 4.77. The summed E-state index contributed by atoms with van der Waals surface area (Å²) in [5, 5.41) is 48.7. The highest BCUT2D eigenvalue weighted by atomic mass is 16.7. The average molecular weight is 418 g/mol. The van der Waals surface area contributed by atoms with Gasteiger partial charge in [-0.1, -0.05) is 30.3 Å². The number of aliphatic carboxylic acids is 1. The van der Waals surface area contributed by atoms with Crippen LogP contribution in [0.2, 0.25) is 0 Å². The van der Waals surface area contributed by atoms with Crippen molar-refractivity contribution in [1.29, 1.82) is 0 Å². The summed E-state index contributed by atoms with van der Waals surface area (Å²) in [5.74, 6) is -2.16. The molecule has 0 saturated carbocycles. The lowest BCUT2D eigenvalue weighted by Gasteiger charge is -2.38. The van der Waals surface area contributed by atoms with Crippen molar-refractivity contribution < 1.29 is 44.6 Å². The number of Topliss-reactive ketones (excluding diaryl/α,β-unsaturated/α-hetero) is 1. The van der Waals surface area contributed by atoms with Crippen molar-refractivity contribution >= 4 is 11.8 Å². The molecule has 9 nitrogen and oxygen atoms in total. The number of aromatic hydroxyl groups is 1. The van der Waals surface area contributed by atoms with Crippen LogP contribution < -0.4 is 4.74 Å². The Hall–Kier alpha value is -2.98. The first-order chi connectivity index (χ1) is 14.3. The van der Waals surface area contributed by atoms with Gasteiger partial charge in [0.15, 0.2) is 11.9 Å². The summed E-state index contributed by atoms with van der Waals surface area (Å²) in [7, 11) is 0. The number of benzene rings is 2. The highest BCUT2D eigenvalue weighted by Gasteiger charge is 2.48. The SMILES string of the molecule is O=C(CCc1ccccc1)c1cc(O)ccc1OC1OC(C(=O)O)C(O)C(O)C1O. The molecule has 9 heteroatoms. The summed E-state index contributed by atoms with van der Waals surface area (Å²) in [4.78, 5) is 24.0. The van der Waals surface area contributed by atoms with Crippen molar-refractivity contribution in [3.63, 3.8) is 0 Å². The molecule has 160 valence electrons. The number of aliphatic hydroxyl groups excluding tert-OH is 3. The summed E-state index contributed by atoms with van der Waals surface area (Å²) in [6.45, 7) is 0. The second-order valence-corrected chi connectivity index (χ2v) is 6.94. The molecule has 3 rings (SSSR count). The van der Waals surface area contributed by atoms with E-state index in [4.69, 9.17) is 14.6 Å². The zero-order valence-corrected chi connectivity index (χ0v) is 15.8. The van der Waals surface area contributed by atoms with E-state index in [0.29, 0.717) is 6.42 Å². The highest BCUT2D eigenvalue weighted by Crippen LogP contribution is 2.30. The Bertz CT molecular complexity index is 899. The number of hydrogen-bond acceptors (Lipinski definition) is 8. The molecule has 0 amide bonds. The second-order valence-electron chi connectivity index (χ2n) is 6.94. The molecule has 1 aliphatic rings. The van der Waals surface area contributed by atoms with Crippen LogP contribution in [0.15, 0.2) is 48.5 Å². The molecule has 5 atom stereocenters. The van der Waals surface area contributed by atoms with Gasteiger partial charge in [0.1, 0.15) is 29.8 Å². The van der Waals surface area contributed by atoms with Crippen LogP contribution in [0.1, 0.15) is 22.3 Å². The Balaban J connectivity index is 1.79. The fourth-order valence-electron chi connectivity index (χ4n) is 3.15. The number of phenolic OH excluding ortho intramolecular Hbond substituents is 1. The highest BCUT2D eigenvalue weighted by molar-refractivity contribution is 5.99. The van der Waals surface area contributed by atoms with E-state index in [2.05, 4.69) is 0 Å². The molecular formula is C21H22O9. The lowest BCUT2D eigenvalue weighted by molar-refractivity contribution is -0.271. The Kier molecular flexibility index (Phi) is 6.68. The number of rotatable bonds is 7. The molecule has 30 heavy (non-hydrogen) atoms. The van der Waals surface area contributed by atoms with E-state index >= 15 is 0 Å². The van der Waals surface area contributed by atoms with Crippen molar-refractivity contribution in [2.75, 3.05) is 0 Å². The van der Waals surface area contributed by atoms with Crippen molar-refractivity contribution in [3.05, 3.63) is 59.7 Å². The lowest BCUT2D eigenvalue weighted by atomic mass is 9.98. The fraction of sp³-hybridized carbons (Fsp3) is 0.333. The normalized spacial score (nSPS) is 26.2. The van der Waals surface area contributed by atoms with Gasteiger partial charge in [-0.05, 0) is 30.2 Å². The van der Waals surface area contributed by atoms with Gasteiger partial charge < -0.3 is 35.0 Å². The van der Waals surface area contributed by atoms with Crippen LogP contribution in [-0.2, 0) is 16.0 Å². The molecule has 0 bridgehead atoms. The summed E-state index contributed by atoms with van der Waals surface area (Å²) in [5.41, 5.74) is 0.954. The smallest absolute Gasteiger partial charge is 0.335 e. The van der Waals surface area contributed by atoms with Gasteiger partial charge >= 0.3 is 5.97 Å². The van der Waals surface area contributed by atoms with Crippen LogP contribution in [0.4, 0.5) is 0 Å². The predicted octanol–water partition coefficient (Wildman–Crippen LogP) is 0.479. The van der Waals surface area contributed by atoms with Gasteiger partial charge in [0.2, 0.25) is 6.29 Å². The molecule has 1 fully saturated rings. The second kappa shape index (κ2) is 9.23. The van der Waals surface area contributed by atoms with E-state index in [0.717, 1.165) is 5.56 Å². The summed E-state index contributed by atoms with van der Waals surface area (Å²) >= 11 is 0. The molecular weight excluding hydrogens is 396 g/mol. The minimum atomic E-state index is -1.86. The first kappa shape index (κ1) is 21.7. The van der Waals surface area contributed by atoms with E-state index in [1.807, 2.05) is 30.3 Å². The number of aliphatic hydroxyl groups is 3. The Morgan fingerprint density at radius 1 is 0.967 bits per heavy atom. The van der Waals surface area contributed by atoms with Crippen molar-refractivity contribution in [1.82, 2.24) is 0 Å². The van der Waals surface area contributed by atoms with Crippen LogP contribution >= 0.6 is 0 Å². The Morgan fingerprint density at radius 3 is 2.33 bits per heavy atom.